The molecule has 0 radical (unpaired) electrons. The van der Waals surface area contributed by atoms with Gasteiger partial charge < -0.3 is 15.1 Å². The van der Waals surface area contributed by atoms with E-state index in [9.17, 15) is 0 Å². The van der Waals surface area contributed by atoms with Gasteiger partial charge >= 0.3 is 0 Å². The zero-order chi connectivity index (χ0) is 14.8. The predicted molar refractivity (Wildman–Crippen MR) is 87.1 cm³/mol. The van der Waals surface area contributed by atoms with Crippen molar-refractivity contribution in [3.05, 3.63) is 0 Å². The number of fused-ring (bicyclic) bond motifs is 1. The van der Waals surface area contributed by atoms with E-state index >= 15 is 0 Å². The molecule has 2 saturated heterocycles. The molecule has 0 aromatic rings. The summed E-state index contributed by atoms with van der Waals surface area (Å²) in [6.07, 6.45) is 4.22. The molecular weight excluding hydrogens is 246 g/mol. The molecule has 0 saturated carbocycles. The van der Waals surface area contributed by atoms with Crippen LogP contribution in [0.25, 0.3) is 0 Å². The lowest BCUT2D eigenvalue weighted by Crippen LogP contribution is -2.53. The van der Waals surface area contributed by atoms with Crippen LogP contribution in [0.3, 0.4) is 0 Å². The maximum absolute atomic E-state index is 3.64. The molecule has 2 rings (SSSR count). The fourth-order valence-corrected chi connectivity index (χ4v) is 3.88. The predicted octanol–water partition coefficient (Wildman–Crippen LogP) is 2.43. The lowest BCUT2D eigenvalue weighted by molar-refractivity contribution is 0.0331. The second kappa shape index (κ2) is 6.76. The average molecular weight is 281 g/mol. The van der Waals surface area contributed by atoms with Crippen molar-refractivity contribution in [2.45, 2.75) is 58.5 Å². The van der Waals surface area contributed by atoms with Gasteiger partial charge in [-0.25, -0.2) is 0 Å². The van der Waals surface area contributed by atoms with Gasteiger partial charge in [-0.2, -0.15) is 0 Å². The Balaban J connectivity index is 1.75. The Hall–Kier alpha value is -0.120. The minimum absolute atomic E-state index is 0.243. The van der Waals surface area contributed by atoms with Crippen molar-refractivity contribution in [3.63, 3.8) is 0 Å². The van der Waals surface area contributed by atoms with Gasteiger partial charge in [0.05, 0.1) is 0 Å². The number of rotatable bonds is 4. The molecule has 3 nitrogen and oxygen atoms in total. The Bertz CT molecular complexity index is 297. The molecule has 2 aliphatic heterocycles. The second-order valence-electron chi connectivity index (χ2n) is 8.23. The van der Waals surface area contributed by atoms with Crippen LogP contribution in [-0.2, 0) is 0 Å². The third-order valence-electron chi connectivity index (χ3n) is 4.98. The van der Waals surface area contributed by atoms with E-state index in [1.807, 2.05) is 0 Å². The standard InChI is InChI=1S/C17H35N3/c1-14(11-18-17(2,3)4)12-20-10-8-16-15(13-20)7-6-9-19(16)5/h14-16,18H,6-13H2,1-5H3. The van der Waals surface area contributed by atoms with Crippen molar-refractivity contribution in [3.8, 4) is 0 Å². The highest BCUT2D eigenvalue weighted by atomic mass is 15.2. The van der Waals surface area contributed by atoms with Crippen molar-refractivity contribution in [1.82, 2.24) is 15.1 Å². The summed E-state index contributed by atoms with van der Waals surface area (Å²) in [6.45, 7) is 15.5. The highest BCUT2D eigenvalue weighted by Gasteiger charge is 2.34. The van der Waals surface area contributed by atoms with E-state index in [-0.39, 0.29) is 5.54 Å². The highest BCUT2D eigenvalue weighted by molar-refractivity contribution is 4.89. The van der Waals surface area contributed by atoms with E-state index in [2.05, 4.69) is 49.9 Å². The highest BCUT2D eigenvalue weighted by Crippen LogP contribution is 2.29. The summed E-state index contributed by atoms with van der Waals surface area (Å²) >= 11 is 0. The number of piperidine rings is 2. The Morgan fingerprint density at radius 2 is 1.95 bits per heavy atom. The summed E-state index contributed by atoms with van der Waals surface area (Å²) in [7, 11) is 2.32. The average Bonchev–Trinajstić information content (AvgIpc) is 2.36. The van der Waals surface area contributed by atoms with Gasteiger partial charge in [-0.05, 0) is 78.6 Å². The molecule has 2 fully saturated rings. The van der Waals surface area contributed by atoms with E-state index in [0.717, 1.165) is 24.4 Å². The number of hydrogen-bond acceptors (Lipinski definition) is 3. The molecule has 1 N–H and O–H groups in total. The summed E-state index contributed by atoms with van der Waals surface area (Å²) in [5.41, 5.74) is 0.243. The van der Waals surface area contributed by atoms with Crippen molar-refractivity contribution in [1.29, 1.82) is 0 Å². The first-order valence-electron chi connectivity index (χ1n) is 8.53. The SMILES string of the molecule is CC(CNC(C)(C)C)CN1CCC2C(CCCN2C)C1. The Morgan fingerprint density at radius 1 is 1.20 bits per heavy atom. The minimum Gasteiger partial charge on any atom is -0.312 e. The second-order valence-corrected chi connectivity index (χ2v) is 8.23. The van der Waals surface area contributed by atoms with Crippen molar-refractivity contribution >= 4 is 0 Å². The molecule has 2 aliphatic rings. The van der Waals surface area contributed by atoms with Crippen LogP contribution in [0.5, 0.6) is 0 Å². The van der Waals surface area contributed by atoms with Crippen molar-refractivity contribution in [2.24, 2.45) is 11.8 Å². The van der Waals surface area contributed by atoms with Crippen LogP contribution in [0.15, 0.2) is 0 Å². The minimum atomic E-state index is 0.243. The van der Waals surface area contributed by atoms with Gasteiger partial charge in [0, 0.05) is 24.7 Å². The van der Waals surface area contributed by atoms with E-state index in [4.69, 9.17) is 0 Å². The van der Waals surface area contributed by atoms with Crippen molar-refractivity contribution < 1.29 is 0 Å². The Morgan fingerprint density at radius 3 is 2.65 bits per heavy atom. The molecule has 0 spiro atoms. The summed E-state index contributed by atoms with van der Waals surface area (Å²) in [5.74, 6) is 1.66. The Labute approximate surface area is 126 Å². The molecule has 3 heteroatoms. The number of nitrogens with one attached hydrogen (secondary N) is 1. The fourth-order valence-electron chi connectivity index (χ4n) is 3.88. The van der Waals surface area contributed by atoms with Crippen molar-refractivity contribution in [2.75, 3.05) is 39.8 Å². The third kappa shape index (κ3) is 4.71. The van der Waals surface area contributed by atoms with Gasteiger partial charge in [0.2, 0.25) is 0 Å². The van der Waals surface area contributed by atoms with Crippen LogP contribution in [0.4, 0.5) is 0 Å². The molecule has 3 atom stereocenters. The third-order valence-corrected chi connectivity index (χ3v) is 4.98. The zero-order valence-corrected chi connectivity index (χ0v) is 14.3. The smallest absolute Gasteiger partial charge is 0.0145 e. The number of hydrogen-bond donors (Lipinski definition) is 1. The maximum Gasteiger partial charge on any atom is 0.0145 e. The van der Waals surface area contributed by atoms with Gasteiger partial charge in [-0.1, -0.05) is 6.92 Å². The molecular formula is C17H35N3. The fraction of sp³-hybridized carbons (Fsp3) is 1.00. The molecule has 0 bridgehead atoms. The topological polar surface area (TPSA) is 18.5 Å². The first-order valence-corrected chi connectivity index (χ1v) is 8.53. The molecule has 20 heavy (non-hydrogen) atoms. The normalized spacial score (nSPS) is 31.1. The lowest BCUT2D eigenvalue weighted by Gasteiger charge is -2.46. The first kappa shape index (κ1) is 16.3. The van der Waals surface area contributed by atoms with Gasteiger partial charge in [-0.3, -0.25) is 0 Å². The summed E-state index contributed by atoms with van der Waals surface area (Å²) in [6, 6.07) is 0.864. The summed E-state index contributed by atoms with van der Waals surface area (Å²) < 4.78 is 0. The van der Waals surface area contributed by atoms with E-state index in [0.29, 0.717) is 0 Å². The van der Waals surface area contributed by atoms with Gasteiger partial charge in [0.25, 0.3) is 0 Å². The number of likely N-dealkylation sites (tertiary alicyclic amines) is 2. The Kier molecular flexibility index (Phi) is 5.49. The van der Waals surface area contributed by atoms with E-state index < -0.39 is 0 Å². The number of nitrogens with zero attached hydrogens (tertiary/aromatic N) is 2. The molecule has 0 aliphatic carbocycles. The van der Waals surface area contributed by atoms with Crippen LogP contribution < -0.4 is 5.32 Å². The molecule has 118 valence electrons. The molecule has 0 aromatic heterocycles. The van der Waals surface area contributed by atoms with Gasteiger partial charge in [0.1, 0.15) is 0 Å². The molecule has 0 aromatic carbocycles. The molecule has 0 amide bonds. The summed E-state index contributed by atoms with van der Waals surface area (Å²) in [4.78, 5) is 5.32. The van der Waals surface area contributed by atoms with Gasteiger partial charge in [-0.15, -0.1) is 0 Å². The largest absolute Gasteiger partial charge is 0.312 e. The van der Waals surface area contributed by atoms with Crippen LogP contribution in [0, 0.1) is 11.8 Å². The zero-order valence-electron chi connectivity index (χ0n) is 14.3. The van der Waals surface area contributed by atoms with Crippen LogP contribution in [0.2, 0.25) is 0 Å². The van der Waals surface area contributed by atoms with E-state index in [1.54, 1.807) is 0 Å². The van der Waals surface area contributed by atoms with Crippen LogP contribution in [-0.4, -0.2) is 61.2 Å². The quantitative estimate of drug-likeness (QED) is 0.854. The molecule has 2 heterocycles. The molecule has 3 unspecified atom stereocenters. The van der Waals surface area contributed by atoms with E-state index in [1.165, 1.54) is 45.4 Å². The maximum atomic E-state index is 3.64. The summed E-state index contributed by atoms with van der Waals surface area (Å²) in [5, 5.41) is 3.64. The lowest BCUT2D eigenvalue weighted by atomic mass is 9.84. The van der Waals surface area contributed by atoms with Crippen LogP contribution in [0.1, 0.15) is 47.0 Å². The van der Waals surface area contributed by atoms with Gasteiger partial charge in [0.15, 0.2) is 0 Å². The first-order chi connectivity index (χ1) is 9.35. The van der Waals surface area contributed by atoms with Crippen LogP contribution >= 0.6 is 0 Å². The monoisotopic (exact) mass is 281 g/mol.